The normalized spacial score (nSPS) is 13.4. The number of carboxylic acids is 2. The lowest BCUT2D eigenvalue weighted by atomic mass is 9.73. The first kappa shape index (κ1) is 55.4. The van der Waals surface area contributed by atoms with Crippen molar-refractivity contribution >= 4 is 39.3 Å². The van der Waals surface area contributed by atoms with Gasteiger partial charge in [0.25, 0.3) is 23.0 Å². The van der Waals surface area contributed by atoms with Gasteiger partial charge in [0.15, 0.2) is 0 Å². The van der Waals surface area contributed by atoms with E-state index < -0.39 is 152 Å². The first-order chi connectivity index (χ1) is 31.1. The monoisotopic (exact) mass is 1020 g/mol. The van der Waals surface area contributed by atoms with Crippen molar-refractivity contribution in [3.63, 3.8) is 0 Å². The van der Waals surface area contributed by atoms with Crippen LogP contribution in [0.1, 0.15) is 110 Å². The lowest BCUT2D eigenvalue weighted by Crippen LogP contribution is -2.55. The highest BCUT2D eigenvalue weighted by molar-refractivity contribution is 7.91. The van der Waals surface area contributed by atoms with Crippen LogP contribution in [0.3, 0.4) is 0 Å². The summed E-state index contributed by atoms with van der Waals surface area (Å²) in [6.07, 6.45) is -26.8. The number of carbonyl (C=O) groups excluding carboxylic acids is 2. The highest BCUT2D eigenvalue weighted by Gasteiger charge is 2.73. The molecule has 0 aliphatic carbocycles. The quantitative estimate of drug-likeness (QED) is 0.0699. The molecule has 69 heavy (non-hydrogen) atoms. The van der Waals surface area contributed by atoms with Crippen LogP contribution in [0.15, 0.2) is 70.5 Å². The highest BCUT2D eigenvalue weighted by atomic mass is 32.2. The van der Waals surface area contributed by atoms with Crippen molar-refractivity contribution < 1.29 is 101 Å². The van der Waals surface area contributed by atoms with Crippen LogP contribution >= 0.6 is 0 Å². The van der Waals surface area contributed by atoms with Gasteiger partial charge in [-0.2, -0.15) is 52.7 Å². The van der Waals surface area contributed by atoms with Gasteiger partial charge in [0.2, 0.25) is 9.84 Å². The first-order valence-electron chi connectivity index (χ1n) is 19.8. The predicted molar refractivity (Wildman–Crippen MR) is 219 cm³/mol. The number of benzene rings is 4. The van der Waals surface area contributed by atoms with Crippen LogP contribution in [0.4, 0.5) is 58.4 Å². The molecule has 12 nitrogen and oxygen atoms in total. The second kappa shape index (κ2) is 18.3. The van der Waals surface area contributed by atoms with Crippen molar-refractivity contribution in [3.05, 3.63) is 111 Å². The lowest BCUT2D eigenvalue weighted by molar-refractivity contribution is -0.376. The zero-order chi connectivity index (χ0) is 53.2. The third-order valence-electron chi connectivity index (χ3n) is 11.3. The number of carboxylic acid groups (broad SMARTS) is 2. The molecule has 0 aliphatic heterocycles. The number of carbonyl (C=O) groups is 4. The van der Waals surface area contributed by atoms with Gasteiger partial charge in [-0.15, -0.1) is 0 Å². The number of aryl methyl sites for hydroxylation is 2. The number of hydrogen-bond acceptors (Lipinski definition) is 8. The van der Waals surface area contributed by atoms with Crippen LogP contribution in [0, 0.1) is 13.8 Å². The van der Waals surface area contributed by atoms with Gasteiger partial charge < -0.3 is 31.1 Å². The van der Waals surface area contributed by atoms with E-state index in [2.05, 4.69) is 5.32 Å². The molecule has 0 saturated carbocycles. The smallest absolute Gasteiger partial charge is 0.430 e. The summed E-state index contributed by atoms with van der Waals surface area (Å²) < 4.78 is 202. The molecule has 0 unspecified atom stereocenters. The molecule has 0 aliphatic rings. The van der Waals surface area contributed by atoms with Crippen LogP contribution in [0.2, 0.25) is 0 Å². The molecule has 0 bridgehead atoms. The minimum atomic E-state index is -6.78. The summed E-state index contributed by atoms with van der Waals surface area (Å²) in [5.41, 5.74) is -26.5. The Labute approximate surface area is 383 Å². The molecule has 4 aromatic carbocycles. The van der Waals surface area contributed by atoms with Gasteiger partial charge in [0.05, 0.1) is 32.0 Å². The molecule has 0 aromatic heterocycles. The number of sulfone groups is 1. The summed E-state index contributed by atoms with van der Waals surface area (Å²) in [5, 5.41) is 45.0. The Morgan fingerprint density at radius 1 is 0.565 bits per heavy atom. The van der Waals surface area contributed by atoms with Gasteiger partial charge in [0, 0.05) is 22.9 Å². The fourth-order valence-corrected chi connectivity index (χ4v) is 8.49. The summed E-state index contributed by atoms with van der Waals surface area (Å²) in [6, 6.07) is 3.96. The summed E-state index contributed by atoms with van der Waals surface area (Å²) >= 11 is 0. The fraction of sp³-hybridized carbons (Fsp3) is 0.364. The molecule has 0 radical (unpaired) electrons. The third kappa shape index (κ3) is 9.98. The Morgan fingerprint density at radius 3 is 1.32 bits per heavy atom. The van der Waals surface area contributed by atoms with Crippen LogP contribution in [-0.2, 0) is 26.5 Å². The average molecular weight is 1020 g/mol. The third-order valence-corrected chi connectivity index (χ3v) is 13.0. The molecule has 0 spiro atoms. The maximum Gasteiger partial charge on any atom is 0.430 e. The predicted octanol–water partition coefficient (Wildman–Crippen LogP) is 9.90. The maximum absolute atomic E-state index is 14.6. The molecular formula is C44H40F12N2O10S. The van der Waals surface area contributed by atoms with Crippen molar-refractivity contribution in [1.29, 1.82) is 0 Å². The van der Waals surface area contributed by atoms with Crippen LogP contribution in [-0.4, -0.2) is 83.3 Å². The van der Waals surface area contributed by atoms with Gasteiger partial charge >= 0.3 is 36.6 Å². The molecule has 4 aromatic rings. The van der Waals surface area contributed by atoms with E-state index in [1.807, 2.05) is 0 Å². The number of hydrogen-bond donors (Lipinski definition) is 6. The number of rotatable bonds is 13. The minimum absolute atomic E-state index is 0.0862. The van der Waals surface area contributed by atoms with Gasteiger partial charge in [-0.3, -0.25) is 9.59 Å². The van der Waals surface area contributed by atoms with Crippen molar-refractivity contribution in [1.82, 2.24) is 5.32 Å². The Morgan fingerprint density at radius 2 is 0.942 bits per heavy atom. The Balaban J connectivity index is 2.03. The SMILES string of the molecule is CCC(C)(C)c1cc(C)c(-c2cc(C(O)(C(F)(F)F)C(F)(F)F)c(NC(=O)c3ccc(S(=O)(=O)c4ccc(C(=O)NC(C)C)c(C(=O)O)c4)cc3C(=O)O)cc2C)cc1C(O)(C(F)(F)F)C(F)(F)F. The van der Waals surface area contributed by atoms with E-state index in [4.69, 9.17) is 0 Å². The second-order valence-electron chi connectivity index (χ2n) is 16.7. The Hall–Kier alpha value is -6.21. The summed E-state index contributed by atoms with van der Waals surface area (Å²) in [7, 11) is -4.97. The summed E-state index contributed by atoms with van der Waals surface area (Å²) in [5.74, 6) is -6.69. The van der Waals surface area contributed by atoms with E-state index in [0.717, 1.165) is 32.0 Å². The number of alkyl halides is 12. The number of anilines is 1. The molecule has 2 amide bonds. The second-order valence-corrected chi connectivity index (χ2v) is 18.6. The summed E-state index contributed by atoms with van der Waals surface area (Å²) in [4.78, 5) is 49.0. The maximum atomic E-state index is 14.6. The van der Waals surface area contributed by atoms with Gasteiger partial charge in [-0.05, 0) is 122 Å². The van der Waals surface area contributed by atoms with E-state index in [1.54, 1.807) is 5.32 Å². The van der Waals surface area contributed by atoms with E-state index >= 15 is 0 Å². The van der Waals surface area contributed by atoms with Gasteiger partial charge in [0.1, 0.15) is 0 Å². The molecule has 376 valence electrons. The molecular weight excluding hydrogens is 977 g/mol. The minimum Gasteiger partial charge on any atom is -0.478 e. The lowest BCUT2D eigenvalue weighted by Gasteiger charge is -2.38. The molecule has 6 N–H and O–H groups in total. The van der Waals surface area contributed by atoms with E-state index in [1.165, 1.54) is 34.6 Å². The number of aliphatic hydroxyl groups is 2. The zero-order valence-corrected chi connectivity index (χ0v) is 37.6. The first-order valence-corrected chi connectivity index (χ1v) is 21.2. The topological polar surface area (TPSA) is 207 Å². The average Bonchev–Trinajstić information content (AvgIpc) is 3.20. The number of halogens is 12. The van der Waals surface area contributed by atoms with Gasteiger partial charge in [-0.1, -0.05) is 26.8 Å². The molecule has 0 fully saturated rings. The fourth-order valence-electron chi connectivity index (χ4n) is 7.18. The molecule has 25 heteroatoms. The highest BCUT2D eigenvalue weighted by Crippen LogP contribution is 2.56. The van der Waals surface area contributed by atoms with Crippen LogP contribution in [0.25, 0.3) is 11.1 Å². The van der Waals surface area contributed by atoms with E-state index in [-0.39, 0.29) is 24.1 Å². The largest absolute Gasteiger partial charge is 0.478 e. The zero-order valence-electron chi connectivity index (χ0n) is 36.7. The van der Waals surface area contributed by atoms with Gasteiger partial charge in [-0.25, -0.2) is 18.0 Å². The number of amides is 2. The molecule has 0 heterocycles. The molecule has 0 saturated heterocycles. The van der Waals surface area contributed by atoms with Crippen molar-refractivity contribution in [3.8, 4) is 11.1 Å². The number of nitrogens with one attached hydrogen (secondary N) is 2. The van der Waals surface area contributed by atoms with Crippen LogP contribution in [0.5, 0.6) is 0 Å². The summed E-state index contributed by atoms with van der Waals surface area (Å²) in [6.45, 7) is 8.71. The van der Waals surface area contributed by atoms with Crippen molar-refractivity contribution in [2.75, 3.05) is 5.32 Å². The van der Waals surface area contributed by atoms with Crippen molar-refractivity contribution in [2.45, 2.75) is 112 Å². The van der Waals surface area contributed by atoms with E-state index in [0.29, 0.717) is 30.3 Å². The number of aromatic carboxylic acids is 2. The molecule has 4 rings (SSSR count). The molecule has 0 atom stereocenters. The van der Waals surface area contributed by atoms with E-state index in [9.17, 15) is 101 Å². The van der Waals surface area contributed by atoms with Crippen LogP contribution < -0.4 is 10.6 Å². The Bertz CT molecular complexity index is 2820. The Kier molecular flexibility index (Phi) is 14.7. The standard InChI is InChI=1S/C44H40F12N2O10S/c1-8-38(6,7)30-13-20(4)26(17-31(30)39(65,41(45,46)47)42(48,49)50)27-18-32(40(66,43(51,52)53)44(54,55)56)33(14-21(27)5)58-35(60)25-12-10-23(16-29(25)37(63)64)69(67,68)22-9-11-24(28(15-22)36(61)62)34(59)57-19(2)3/h9-19,65-66H,8H2,1-7H3,(H,57,59)(H,58,60)(H,61,62)(H,63,64). The van der Waals surface area contributed by atoms with Crippen molar-refractivity contribution in [2.24, 2.45) is 0 Å².